The first kappa shape index (κ1) is 43.7. The monoisotopic (exact) mass is 893 g/mol. The first-order valence-corrected chi connectivity index (χ1v) is 23.4. The van der Waals surface area contributed by atoms with Gasteiger partial charge in [0.05, 0.1) is 43.1 Å². The van der Waals surface area contributed by atoms with Crippen LogP contribution in [0.1, 0.15) is 92.4 Å². The lowest BCUT2D eigenvalue weighted by Gasteiger charge is -2.43. The number of ether oxygens (including phenoxy) is 1. The number of rotatable bonds is 10. The van der Waals surface area contributed by atoms with E-state index in [0.717, 1.165) is 106 Å². The van der Waals surface area contributed by atoms with E-state index in [4.69, 9.17) is 20.4 Å². The van der Waals surface area contributed by atoms with Gasteiger partial charge in [0.25, 0.3) is 11.8 Å². The maximum atomic E-state index is 13.9. The number of likely N-dealkylation sites (tertiary alicyclic amines) is 1. The number of hydrogen-bond donors (Lipinski definition) is 3. The Morgan fingerprint density at radius 2 is 1.39 bits per heavy atom. The molecule has 2 aromatic heterocycles. The number of benzene rings is 3. The molecule has 16 heteroatoms. The van der Waals surface area contributed by atoms with Gasteiger partial charge in [0, 0.05) is 101 Å². The molecule has 4 N–H and O–H groups in total. The van der Waals surface area contributed by atoms with Gasteiger partial charge in [0.15, 0.2) is 5.82 Å². The standard InChI is InChI=1S/C50H59N11O5/c1-32(2)40-22-41(45(63)23-44(40)62)49(65)60-28-36-8-5-34(21-37(36)29-60)27-56-11-9-39(10-12-56)58-15-13-57(14-16-58)26-33-3-6-35(7-4-33)48(64)61-30-42-43(31-61)54-46(38-24-52-50(51)53-25-38)55-47(42)59-17-19-66-20-18-59/h3-8,21-25,32,39,62-63H,9-20,26-31H2,1-2H3,(H2,51,52,53). The molecule has 0 aliphatic carbocycles. The number of aromatic hydroxyl groups is 2. The maximum Gasteiger partial charge on any atom is 0.258 e. The number of aromatic nitrogens is 4. The van der Waals surface area contributed by atoms with Crippen LogP contribution in [0.2, 0.25) is 0 Å². The summed E-state index contributed by atoms with van der Waals surface area (Å²) in [5, 5.41) is 20.8. The number of nitrogen functional groups attached to an aromatic ring is 1. The second-order valence-electron chi connectivity index (χ2n) is 18.8. The quantitative estimate of drug-likeness (QED) is 0.171. The molecule has 2 amide bonds. The summed E-state index contributed by atoms with van der Waals surface area (Å²) in [5.74, 6) is 1.15. The Morgan fingerprint density at radius 3 is 2.12 bits per heavy atom. The van der Waals surface area contributed by atoms with Crippen molar-refractivity contribution >= 4 is 23.6 Å². The summed E-state index contributed by atoms with van der Waals surface area (Å²) >= 11 is 0. The van der Waals surface area contributed by atoms with Gasteiger partial charge >= 0.3 is 0 Å². The third-order valence-corrected chi connectivity index (χ3v) is 14.1. The van der Waals surface area contributed by atoms with Crippen molar-refractivity contribution in [1.82, 2.24) is 44.4 Å². The van der Waals surface area contributed by atoms with Crippen molar-refractivity contribution < 1.29 is 24.5 Å². The minimum absolute atomic E-state index is 0.00991. The largest absolute Gasteiger partial charge is 0.508 e. The number of piperidine rings is 1. The molecule has 5 aromatic rings. The van der Waals surface area contributed by atoms with Crippen LogP contribution in [0.4, 0.5) is 11.8 Å². The van der Waals surface area contributed by atoms with E-state index >= 15 is 0 Å². The number of hydrogen-bond acceptors (Lipinski definition) is 14. The van der Waals surface area contributed by atoms with E-state index < -0.39 is 0 Å². The number of phenolic OH excluding ortho intramolecular Hbond substituents is 2. The van der Waals surface area contributed by atoms with Crippen molar-refractivity contribution in [1.29, 1.82) is 0 Å². The molecule has 3 fully saturated rings. The van der Waals surface area contributed by atoms with Crippen LogP contribution in [0.3, 0.4) is 0 Å². The van der Waals surface area contributed by atoms with Crippen LogP contribution in [0.25, 0.3) is 11.4 Å². The number of nitrogens with two attached hydrogens (primary N) is 1. The van der Waals surface area contributed by atoms with Gasteiger partial charge in [-0.25, -0.2) is 19.9 Å². The molecule has 3 aromatic carbocycles. The van der Waals surface area contributed by atoms with Gasteiger partial charge in [-0.2, -0.15) is 0 Å². The van der Waals surface area contributed by atoms with Crippen LogP contribution in [0.5, 0.6) is 11.5 Å². The van der Waals surface area contributed by atoms with Crippen LogP contribution in [0, 0.1) is 0 Å². The lowest BCUT2D eigenvalue weighted by molar-refractivity contribution is 0.0550. The fraction of sp³-hybridized carbons (Fsp3) is 0.440. The molecule has 66 heavy (non-hydrogen) atoms. The Hall–Kier alpha value is -6.20. The molecule has 344 valence electrons. The molecule has 0 radical (unpaired) electrons. The van der Waals surface area contributed by atoms with Gasteiger partial charge in [-0.05, 0) is 77.9 Å². The normalized spacial score (nSPS) is 18.6. The summed E-state index contributed by atoms with van der Waals surface area (Å²) < 4.78 is 5.62. The third-order valence-electron chi connectivity index (χ3n) is 14.1. The second kappa shape index (κ2) is 18.6. The number of carbonyl (C=O) groups is 2. The third kappa shape index (κ3) is 9.14. The molecule has 3 saturated heterocycles. The van der Waals surface area contributed by atoms with Crippen molar-refractivity contribution in [2.45, 2.75) is 77.9 Å². The molecule has 0 saturated carbocycles. The second-order valence-corrected chi connectivity index (χ2v) is 18.8. The fourth-order valence-electron chi connectivity index (χ4n) is 10.3. The Balaban J connectivity index is 0.683. The summed E-state index contributed by atoms with van der Waals surface area (Å²) in [6.07, 6.45) is 5.57. The molecule has 0 bridgehead atoms. The van der Waals surface area contributed by atoms with Crippen LogP contribution in [-0.2, 0) is 44.0 Å². The molecule has 0 spiro atoms. The number of amides is 2. The molecule has 5 aliphatic rings. The average molecular weight is 894 g/mol. The topological polar surface area (TPSA) is 181 Å². The zero-order valence-electron chi connectivity index (χ0n) is 37.9. The van der Waals surface area contributed by atoms with Crippen LogP contribution in [0.15, 0.2) is 67.0 Å². The van der Waals surface area contributed by atoms with Crippen LogP contribution >= 0.6 is 0 Å². The zero-order valence-corrected chi connectivity index (χ0v) is 37.9. The van der Waals surface area contributed by atoms with Crippen molar-refractivity contribution in [2.24, 2.45) is 0 Å². The van der Waals surface area contributed by atoms with Crippen molar-refractivity contribution in [3.63, 3.8) is 0 Å². The molecule has 16 nitrogen and oxygen atoms in total. The van der Waals surface area contributed by atoms with E-state index in [1.54, 1.807) is 23.4 Å². The van der Waals surface area contributed by atoms with E-state index in [0.29, 0.717) is 67.9 Å². The van der Waals surface area contributed by atoms with Crippen LogP contribution < -0.4 is 10.6 Å². The van der Waals surface area contributed by atoms with Crippen LogP contribution in [-0.4, -0.2) is 138 Å². The summed E-state index contributed by atoms with van der Waals surface area (Å²) in [6, 6.07) is 18.2. The van der Waals surface area contributed by atoms with Gasteiger partial charge < -0.3 is 35.4 Å². The van der Waals surface area contributed by atoms with Crippen molar-refractivity contribution in [3.05, 3.63) is 117 Å². The fourth-order valence-corrected chi connectivity index (χ4v) is 10.3. The summed E-state index contributed by atoms with van der Waals surface area (Å²) in [7, 11) is 0. The molecule has 7 heterocycles. The smallest absolute Gasteiger partial charge is 0.258 e. The van der Waals surface area contributed by atoms with E-state index in [1.165, 1.54) is 17.2 Å². The first-order chi connectivity index (χ1) is 32.0. The number of nitrogens with zero attached hydrogens (tertiary/aromatic N) is 10. The highest BCUT2D eigenvalue weighted by Crippen LogP contribution is 2.36. The minimum atomic E-state index is -0.222. The van der Waals surface area contributed by atoms with Crippen molar-refractivity contribution in [2.75, 3.05) is 76.2 Å². The average Bonchev–Trinajstić information content (AvgIpc) is 3.97. The Morgan fingerprint density at radius 1 is 0.727 bits per heavy atom. The minimum Gasteiger partial charge on any atom is -0.508 e. The first-order valence-electron chi connectivity index (χ1n) is 23.4. The van der Waals surface area contributed by atoms with Gasteiger partial charge in [-0.15, -0.1) is 0 Å². The number of morpholine rings is 1. The summed E-state index contributed by atoms with van der Waals surface area (Å²) in [4.78, 5) is 59.2. The number of phenols is 2. The summed E-state index contributed by atoms with van der Waals surface area (Å²) in [6.45, 7) is 16.5. The van der Waals surface area contributed by atoms with E-state index in [9.17, 15) is 19.8 Å². The lowest BCUT2D eigenvalue weighted by atomic mass is 9.98. The predicted molar refractivity (Wildman–Crippen MR) is 250 cm³/mol. The lowest BCUT2D eigenvalue weighted by Crippen LogP contribution is -2.52. The predicted octanol–water partition coefficient (Wildman–Crippen LogP) is 4.98. The zero-order chi connectivity index (χ0) is 45.5. The van der Waals surface area contributed by atoms with E-state index in [2.05, 4.69) is 59.9 Å². The highest BCUT2D eigenvalue weighted by atomic mass is 16.5. The molecule has 0 unspecified atom stereocenters. The molecule has 5 aliphatic heterocycles. The van der Waals surface area contributed by atoms with Crippen molar-refractivity contribution in [3.8, 4) is 22.9 Å². The maximum absolute atomic E-state index is 13.9. The Bertz CT molecular complexity index is 2590. The number of anilines is 2. The molecular weight excluding hydrogens is 835 g/mol. The number of fused-ring (bicyclic) bond motifs is 2. The van der Waals surface area contributed by atoms with Gasteiger partial charge in [-0.3, -0.25) is 24.3 Å². The van der Waals surface area contributed by atoms with E-state index in [1.807, 2.05) is 30.9 Å². The molecular formula is C50H59N11O5. The van der Waals surface area contributed by atoms with Gasteiger partial charge in [0.2, 0.25) is 5.95 Å². The molecule has 0 atom stereocenters. The Kier molecular flexibility index (Phi) is 12.3. The Labute approximate surface area is 385 Å². The van der Waals surface area contributed by atoms with E-state index in [-0.39, 0.29) is 40.7 Å². The number of carbonyl (C=O) groups excluding carboxylic acids is 2. The highest BCUT2D eigenvalue weighted by Gasteiger charge is 2.33. The molecule has 10 rings (SSSR count). The number of piperazine rings is 1. The summed E-state index contributed by atoms with van der Waals surface area (Å²) in [5.41, 5.74) is 14.5. The SMILES string of the molecule is CC(C)c1cc(C(=O)N2Cc3ccc(CN4CCC(N5CCN(Cc6ccc(C(=O)N7Cc8nc(-c9cnc(N)nc9)nc(N9CCOCC9)c8C7)cc6)CC5)CC4)cc3C2)c(O)cc1O. The van der Waals surface area contributed by atoms with Gasteiger partial charge in [-0.1, -0.05) is 44.2 Å². The highest BCUT2D eigenvalue weighted by molar-refractivity contribution is 5.98. The van der Waals surface area contributed by atoms with Gasteiger partial charge in [0.1, 0.15) is 17.3 Å².